The number of aromatic nitrogens is 2. The van der Waals surface area contributed by atoms with Crippen LogP contribution in [0.15, 0.2) is 36.5 Å². The Morgan fingerprint density at radius 2 is 2.12 bits per heavy atom. The standard InChI is InChI=1S/C16H15F3N4O2/c1-10-5-7-20-15(21-10)22-13-6-8-23(14(13)24)11-3-2-4-12(9-11)25-16(17,18)19/h2-5,7,9,13H,6,8H2,1H3,(H,20,21,22). The van der Waals surface area contributed by atoms with Crippen LogP contribution in [0.5, 0.6) is 5.75 Å². The summed E-state index contributed by atoms with van der Waals surface area (Å²) in [6.07, 6.45) is -2.71. The van der Waals surface area contributed by atoms with E-state index < -0.39 is 12.4 Å². The topological polar surface area (TPSA) is 67.3 Å². The first-order chi connectivity index (χ1) is 11.8. The van der Waals surface area contributed by atoms with Crippen molar-refractivity contribution in [1.82, 2.24) is 9.97 Å². The van der Waals surface area contributed by atoms with E-state index in [2.05, 4.69) is 20.0 Å². The number of halogens is 3. The van der Waals surface area contributed by atoms with Crippen molar-refractivity contribution in [3.05, 3.63) is 42.2 Å². The van der Waals surface area contributed by atoms with Gasteiger partial charge in [-0.05, 0) is 31.5 Å². The maximum atomic E-state index is 12.5. The minimum Gasteiger partial charge on any atom is -0.406 e. The Bertz CT molecular complexity index is 782. The van der Waals surface area contributed by atoms with Crippen molar-refractivity contribution >= 4 is 17.5 Å². The molecule has 0 bridgehead atoms. The maximum absolute atomic E-state index is 12.5. The molecule has 1 aliphatic heterocycles. The van der Waals surface area contributed by atoms with Gasteiger partial charge in [-0.1, -0.05) is 6.07 Å². The van der Waals surface area contributed by atoms with Crippen molar-refractivity contribution < 1.29 is 22.7 Å². The number of amides is 1. The summed E-state index contributed by atoms with van der Waals surface area (Å²) in [5, 5.41) is 2.96. The van der Waals surface area contributed by atoms with Gasteiger partial charge in [-0.3, -0.25) is 4.79 Å². The summed E-state index contributed by atoms with van der Waals surface area (Å²) in [4.78, 5) is 22.2. The fraction of sp³-hybridized carbons (Fsp3) is 0.312. The Hall–Kier alpha value is -2.84. The van der Waals surface area contributed by atoms with Crippen LogP contribution in [0, 0.1) is 6.92 Å². The molecule has 0 spiro atoms. The number of benzene rings is 1. The van der Waals surface area contributed by atoms with Gasteiger partial charge in [0.2, 0.25) is 11.9 Å². The van der Waals surface area contributed by atoms with E-state index >= 15 is 0 Å². The van der Waals surface area contributed by atoms with Crippen LogP contribution >= 0.6 is 0 Å². The number of ether oxygens (including phenoxy) is 1. The lowest BCUT2D eigenvalue weighted by Crippen LogP contribution is -2.34. The zero-order valence-electron chi connectivity index (χ0n) is 13.2. The molecule has 2 aromatic rings. The van der Waals surface area contributed by atoms with E-state index in [9.17, 15) is 18.0 Å². The van der Waals surface area contributed by atoms with Gasteiger partial charge in [-0.15, -0.1) is 13.2 Å². The molecule has 132 valence electrons. The van der Waals surface area contributed by atoms with Crippen LogP contribution in [0.4, 0.5) is 24.8 Å². The first kappa shape index (κ1) is 17.0. The summed E-state index contributed by atoms with van der Waals surface area (Å²) in [6, 6.07) is 6.56. The van der Waals surface area contributed by atoms with Crippen molar-refractivity contribution in [2.24, 2.45) is 0 Å². The van der Waals surface area contributed by atoms with Crippen LogP contribution < -0.4 is 15.0 Å². The van der Waals surface area contributed by atoms with E-state index in [0.717, 1.165) is 5.69 Å². The largest absolute Gasteiger partial charge is 0.573 e. The number of nitrogens with zero attached hydrogens (tertiary/aromatic N) is 3. The molecule has 1 N–H and O–H groups in total. The Morgan fingerprint density at radius 3 is 2.84 bits per heavy atom. The second kappa shape index (κ2) is 6.58. The van der Waals surface area contributed by atoms with Crippen LogP contribution in [0.1, 0.15) is 12.1 Å². The number of rotatable bonds is 4. The highest BCUT2D eigenvalue weighted by Gasteiger charge is 2.34. The van der Waals surface area contributed by atoms with Crippen molar-refractivity contribution in [3.63, 3.8) is 0 Å². The highest BCUT2D eigenvalue weighted by Crippen LogP contribution is 2.29. The maximum Gasteiger partial charge on any atom is 0.573 e. The van der Waals surface area contributed by atoms with Gasteiger partial charge >= 0.3 is 6.36 Å². The number of nitrogens with one attached hydrogen (secondary N) is 1. The lowest BCUT2D eigenvalue weighted by Gasteiger charge is -2.18. The minimum absolute atomic E-state index is 0.255. The Kier molecular flexibility index (Phi) is 4.47. The zero-order valence-corrected chi connectivity index (χ0v) is 13.2. The van der Waals surface area contributed by atoms with E-state index in [1.807, 2.05) is 6.92 Å². The average Bonchev–Trinajstić information content (AvgIpc) is 2.87. The van der Waals surface area contributed by atoms with Crippen LogP contribution in [-0.4, -0.2) is 34.8 Å². The quantitative estimate of drug-likeness (QED) is 0.916. The van der Waals surface area contributed by atoms with Crippen molar-refractivity contribution in [2.75, 3.05) is 16.8 Å². The third-order valence-electron chi connectivity index (χ3n) is 3.67. The lowest BCUT2D eigenvalue weighted by atomic mass is 10.2. The molecular weight excluding hydrogens is 337 g/mol. The molecule has 9 heteroatoms. The fourth-order valence-corrected chi connectivity index (χ4v) is 2.59. The van der Waals surface area contributed by atoms with Gasteiger partial charge in [0, 0.05) is 30.2 Å². The molecule has 0 radical (unpaired) electrons. The Balaban J connectivity index is 1.72. The van der Waals surface area contributed by atoms with Gasteiger partial charge in [0.25, 0.3) is 0 Å². The fourth-order valence-electron chi connectivity index (χ4n) is 2.59. The summed E-state index contributed by atoms with van der Waals surface area (Å²) in [6.45, 7) is 2.18. The summed E-state index contributed by atoms with van der Waals surface area (Å²) >= 11 is 0. The highest BCUT2D eigenvalue weighted by atomic mass is 19.4. The number of alkyl halides is 3. The SMILES string of the molecule is Cc1ccnc(NC2CCN(c3cccc(OC(F)(F)F)c3)C2=O)n1. The van der Waals surface area contributed by atoms with Gasteiger partial charge < -0.3 is 15.0 Å². The van der Waals surface area contributed by atoms with Gasteiger partial charge in [-0.25, -0.2) is 9.97 Å². The van der Waals surface area contributed by atoms with Crippen LogP contribution in [0.2, 0.25) is 0 Å². The van der Waals surface area contributed by atoms with Crippen molar-refractivity contribution in [1.29, 1.82) is 0 Å². The number of hydrogen-bond donors (Lipinski definition) is 1. The molecular formula is C16H15F3N4O2. The normalized spacial score (nSPS) is 17.7. The van der Waals surface area contributed by atoms with Crippen LogP contribution in [-0.2, 0) is 4.79 Å². The molecule has 25 heavy (non-hydrogen) atoms. The Labute approximate surface area is 141 Å². The van der Waals surface area contributed by atoms with E-state index in [1.54, 1.807) is 18.3 Å². The molecule has 1 unspecified atom stereocenters. The molecule has 1 aromatic carbocycles. The zero-order chi connectivity index (χ0) is 18.0. The molecule has 6 nitrogen and oxygen atoms in total. The summed E-state index contributed by atoms with van der Waals surface area (Å²) in [5.41, 5.74) is 1.11. The molecule has 1 amide bonds. The summed E-state index contributed by atoms with van der Waals surface area (Å²) in [7, 11) is 0. The van der Waals surface area contributed by atoms with E-state index in [1.165, 1.54) is 23.1 Å². The molecule has 0 aliphatic carbocycles. The van der Waals surface area contributed by atoms with Crippen molar-refractivity contribution in [3.8, 4) is 5.75 Å². The molecule has 1 saturated heterocycles. The van der Waals surface area contributed by atoms with Gasteiger partial charge in [0.05, 0.1) is 0 Å². The first-order valence-electron chi connectivity index (χ1n) is 7.55. The van der Waals surface area contributed by atoms with Crippen molar-refractivity contribution in [2.45, 2.75) is 25.7 Å². The van der Waals surface area contributed by atoms with E-state index in [0.29, 0.717) is 24.6 Å². The number of carbonyl (C=O) groups is 1. The molecule has 1 aliphatic rings. The predicted molar refractivity (Wildman–Crippen MR) is 84.3 cm³/mol. The van der Waals surface area contributed by atoms with E-state index in [-0.39, 0.29) is 11.7 Å². The van der Waals surface area contributed by atoms with E-state index in [4.69, 9.17) is 0 Å². The molecule has 1 aromatic heterocycles. The predicted octanol–water partition coefficient (Wildman–Crippen LogP) is 2.90. The third kappa shape index (κ3) is 4.17. The van der Waals surface area contributed by atoms with Crippen LogP contribution in [0.3, 0.4) is 0 Å². The molecule has 3 rings (SSSR count). The number of aryl methyl sites for hydroxylation is 1. The molecule has 1 atom stereocenters. The highest BCUT2D eigenvalue weighted by molar-refractivity contribution is 6.00. The smallest absolute Gasteiger partial charge is 0.406 e. The second-order valence-electron chi connectivity index (χ2n) is 5.54. The molecule has 1 fully saturated rings. The third-order valence-corrected chi connectivity index (χ3v) is 3.67. The van der Waals surface area contributed by atoms with Crippen LogP contribution in [0.25, 0.3) is 0 Å². The molecule has 2 heterocycles. The number of hydrogen-bond acceptors (Lipinski definition) is 5. The summed E-state index contributed by atoms with van der Waals surface area (Å²) in [5.74, 6) is -0.278. The average molecular weight is 352 g/mol. The van der Waals surface area contributed by atoms with Gasteiger partial charge in [0.1, 0.15) is 11.8 Å². The Morgan fingerprint density at radius 1 is 1.32 bits per heavy atom. The number of carbonyl (C=O) groups excluding carboxylic acids is 1. The first-order valence-corrected chi connectivity index (χ1v) is 7.55. The second-order valence-corrected chi connectivity index (χ2v) is 5.54. The number of anilines is 2. The summed E-state index contributed by atoms with van der Waals surface area (Å²) < 4.78 is 40.9. The monoisotopic (exact) mass is 352 g/mol. The minimum atomic E-state index is -4.78. The van der Waals surface area contributed by atoms with Gasteiger partial charge in [0.15, 0.2) is 0 Å². The lowest BCUT2D eigenvalue weighted by molar-refractivity contribution is -0.274. The molecule has 0 saturated carbocycles. The van der Waals surface area contributed by atoms with Gasteiger partial charge in [-0.2, -0.15) is 0 Å².